The quantitative estimate of drug-likeness (QED) is 0.388. The van der Waals surface area contributed by atoms with E-state index in [4.69, 9.17) is 4.43 Å². The highest BCUT2D eigenvalue weighted by Gasteiger charge is 2.46. The highest BCUT2D eigenvalue weighted by Crippen LogP contribution is 2.47. The van der Waals surface area contributed by atoms with Crippen molar-refractivity contribution < 1.29 is 9.22 Å². The molecule has 0 radical (unpaired) electrons. The fraction of sp³-hybridized carbons (Fsp3) is 0.762. The molecule has 0 heterocycles. The smallest absolute Gasteiger partial charge is 0.250 e. The molecule has 2 aliphatic carbocycles. The van der Waals surface area contributed by atoms with Gasteiger partial charge >= 0.3 is 0 Å². The second kappa shape index (κ2) is 6.71. The summed E-state index contributed by atoms with van der Waals surface area (Å²) in [6.07, 6.45) is 4.09. The van der Waals surface area contributed by atoms with Gasteiger partial charge in [0.25, 0.3) is 0 Å². The number of fused-ring (bicyclic) bond motifs is 2. The van der Waals surface area contributed by atoms with Crippen LogP contribution in [0.3, 0.4) is 0 Å². The Kier molecular flexibility index (Phi) is 5.40. The molecule has 2 bridgehead atoms. The van der Waals surface area contributed by atoms with Crippen LogP contribution in [0.1, 0.15) is 54.4 Å². The largest absolute Gasteiger partial charge is 0.547 e. The Morgan fingerprint density at radius 2 is 1.92 bits per heavy atom. The first-order valence-corrected chi connectivity index (χ1v) is 12.3. The Morgan fingerprint density at radius 1 is 1.29 bits per heavy atom. The van der Waals surface area contributed by atoms with Gasteiger partial charge in [-0.2, -0.15) is 0 Å². The fourth-order valence-corrected chi connectivity index (χ4v) is 4.84. The van der Waals surface area contributed by atoms with Gasteiger partial charge in [0.2, 0.25) is 14.1 Å². The number of Topliss-reactive ketones (excluding diaryl/α,β-unsaturated/α-hetero) is 1. The molecule has 0 fully saturated rings. The lowest BCUT2D eigenvalue weighted by Crippen LogP contribution is -2.45. The van der Waals surface area contributed by atoms with Gasteiger partial charge in [-0.1, -0.05) is 47.5 Å². The van der Waals surface area contributed by atoms with E-state index in [1.807, 2.05) is 0 Å². The second-order valence-corrected chi connectivity index (χ2v) is 14.2. The van der Waals surface area contributed by atoms with E-state index in [9.17, 15) is 4.79 Å². The van der Waals surface area contributed by atoms with Gasteiger partial charge in [-0.15, -0.1) is 0 Å². The summed E-state index contributed by atoms with van der Waals surface area (Å²) in [5.74, 6) is 8.58. The Labute approximate surface area is 149 Å². The van der Waals surface area contributed by atoms with E-state index in [-0.39, 0.29) is 22.7 Å². The third kappa shape index (κ3) is 3.64. The maximum atomic E-state index is 12.6. The maximum Gasteiger partial charge on any atom is 0.250 e. The van der Waals surface area contributed by atoms with Crippen LogP contribution < -0.4 is 0 Å². The minimum atomic E-state index is -1.88. The van der Waals surface area contributed by atoms with Crippen molar-refractivity contribution in [1.29, 1.82) is 0 Å². The predicted octanol–water partition coefficient (Wildman–Crippen LogP) is 5.41. The molecule has 3 heteroatoms. The monoisotopic (exact) mass is 346 g/mol. The molecule has 0 spiro atoms. The number of hydrogen-bond donors (Lipinski definition) is 0. The Bertz CT molecular complexity index is 583. The van der Waals surface area contributed by atoms with Crippen LogP contribution in [0, 0.1) is 41.4 Å². The summed E-state index contributed by atoms with van der Waals surface area (Å²) >= 11 is 0. The van der Waals surface area contributed by atoms with E-state index in [1.165, 1.54) is 0 Å². The fourth-order valence-electron chi connectivity index (χ4n) is 3.72. The zero-order valence-corrected chi connectivity index (χ0v) is 17.7. The van der Waals surface area contributed by atoms with Crippen LogP contribution in [0.15, 0.2) is 11.8 Å². The summed E-state index contributed by atoms with van der Waals surface area (Å²) in [6, 6.07) is 0. The van der Waals surface area contributed by atoms with Crippen LogP contribution in [0.5, 0.6) is 0 Å². The first-order chi connectivity index (χ1) is 11.0. The number of hydrogen-bond acceptors (Lipinski definition) is 2. The molecule has 0 N–H and O–H groups in total. The molecule has 0 amide bonds. The van der Waals surface area contributed by atoms with Gasteiger partial charge in [0.1, 0.15) is 0 Å². The number of allylic oxidation sites excluding steroid dienone is 2. The minimum absolute atomic E-state index is 0.0227. The maximum absolute atomic E-state index is 12.6. The molecule has 2 aliphatic rings. The molecule has 0 saturated carbocycles. The second-order valence-electron chi connectivity index (χ2n) is 9.45. The lowest BCUT2D eigenvalue weighted by molar-refractivity contribution is -0.122. The van der Waals surface area contributed by atoms with Crippen LogP contribution >= 0.6 is 0 Å². The first-order valence-electron chi connectivity index (χ1n) is 9.39. The summed E-state index contributed by atoms with van der Waals surface area (Å²) in [6.45, 7) is 18.1. The van der Waals surface area contributed by atoms with Crippen molar-refractivity contribution in [2.45, 2.75) is 72.5 Å². The highest BCUT2D eigenvalue weighted by molar-refractivity contribution is 6.74. The number of rotatable bonds is 3. The first kappa shape index (κ1) is 19.3. The molecule has 0 aromatic heterocycles. The Morgan fingerprint density at radius 3 is 2.46 bits per heavy atom. The van der Waals surface area contributed by atoms with Crippen LogP contribution in [0.25, 0.3) is 0 Å². The number of carbonyl (C=O) groups excluding carboxylic acids is 1. The van der Waals surface area contributed by atoms with Gasteiger partial charge in [0.15, 0.2) is 0 Å². The summed E-state index contributed by atoms with van der Waals surface area (Å²) in [4.78, 5) is 12.6. The van der Waals surface area contributed by atoms with Crippen LogP contribution in [0.4, 0.5) is 0 Å². The molecule has 2 rings (SSSR count). The molecule has 0 aromatic rings. The van der Waals surface area contributed by atoms with Gasteiger partial charge in [-0.3, -0.25) is 4.79 Å². The zero-order valence-electron chi connectivity index (χ0n) is 16.7. The van der Waals surface area contributed by atoms with E-state index in [0.717, 1.165) is 18.6 Å². The van der Waals surface area contributed by atoms with Crippen molar-refractivity contribution in [2.75, 3.05) is 0 Å². The lowest BCUT2D eigenvalue weighted by atomic mass is 9.64. The van der Waals surface area contributed by atoms with Crippen molar-refractivity contribution in [1.82, 2.24) is 0 Å². The van der Waals surface area contributed by atoms with E-state index >= 15 is 0 Å². The van der Waals surface area contributed by atoms with Crippen molar-refractivity contribution in [2.24, 2.45) is 29.6 Å². The molecule has 0 unspecified atom stereocenters. The molecule has 24 heavy (non-hydrogen) atoms. The van der Waals surface area contributed by atoms with Gasteiger partial charge in [0, 0.05) is 18.3 Å². The molecule has 4 atom stereocenters. The van der Waals surface area contributed by atoms with Crippen molar-refractivity contribution in [3.8, 4) is 11.8 Å². The van der Waals surface area contributed by atoms with E-state index in [2.05, 4.69) is 72.6 Å². The molecule has 2 nitrogen and oxygen atoms in total. The molecular weight excluding hydrogens is 312 g/mol. The van der Waals surface area contributed by atoms with E-state index < -0.39 is 8.32 Å². The lowest BCUT2D eigenvalue weighted by Gasteiger charge is -2.45. The van der Waals surface area contributed by atoms with Crippen molar-refractivity contribution in [3.05, 3.63) is 11.8 Å². The highest BCUT2D eigenvalue weighted by atomic mass is 28.4. The van der Waals surface area contributed by atoms with Crippen LogP contribution in [0.2, 0.25) is 18.1 Å². The van der Waals surface area contributed by atoms with Crippen LogP contribution in [-0.4, -0.2) is 14.1 Å². The average molecular weight is 347 g/mol. The van der Waals surface area contributed by atoms with Gasteiger partial charge < -0.3 is 4.43 Å². The molecule has 134 valence electrons. The Hall–Kier alpha value is -1.01. The van der Waals surface area contributed by atoms with Crippen molar-refractivity contribution >= 4 is 14.1 Å². The molecule has 0 aromatic carbocycles. The van der Waals surface area contributed by atoms with Gasteiger partial charge in [-0.05, 0) is 54.3 Å². The van der Waals surface area contributed by atoms with Gasteiger partial charge in [-0.25, -0.2) is 0 Å². The Balaban J connectivity index is 2.45. The standard InChI is InChI=1S/C21H34O2Si/c1-14(2)17-13-19(23-24(7,8)21(4,5)6)16-11-9-10-12-18(22)20(17)15(16)3/h13-17,20H,9,11H2,1-8H3/t15-,16+,17-,20-/m0/s1. The van der Waals surface area contributed by atoms with Crippen LogP contribution in [-0.2, 0) is 9.22 Å². The summed E-state index contributed by atoms with van der Waals surface area (Å²) in [7, 11) is -1.88. The van der Waals surface area contributed by atoms with Crippen molar-refractivity contribution in [3.63, 3.8) is 0 Å². The third-order valence-corrected chi connectivity index (χ3v) is 10.7. The third-order valence-electron chi connectivity index (χ3n) is 6.38. The topological polar surface area (TPSA) is 26.3 Å². The van der Waals surface area contributed by atoms with Gasteiger partial charge in [0.05, 0.1) is 5.76 Å². The predicted molar refractivity (Wildman–Crippen MR) is 103 cm³/mol. The van der Waals surface area contributed by atoms with E-state index in [0.29, 0.717) is 17.8 Å². The minimum Gasteiger partial charge on any atom is -0.547 e. The number of ketones is 1. The molecule has 0 saturated heterocycles. The summed E-state index contributed by atoms with van der Waals surface area (Å²) < 4.78 is 6.75. The van der Waals surface area contributed by atoms with E-state index in [1.54, 1.807) is 0 Å². The summed E-state index contributed by atoms with van der Waals surface area (Å²) in [5, 5.41) is 0.179. The normalized spacial score (nSPS) is 30.9. The molecular formula is C21H34O2Si. The SMILES string of the molecule is CC(C)[C@@H]1C=C(O[Si](C)(C)C(C)(C)C)[C@@H]2CCC#CC(=O)[C@H]1[C@H]2C. The average Bonchev–Trinajstić information content (AvgIpc) is 2.42. The number of carbonyl (C=O) groups is 1. The summed E-state index contributed by atoms with van der Waals surface area (Å²) in [5.41, 5.74) is 0. The molecule has 0 aliphatic heterocycles. The zero-order chi connectivity index (χ0) is 18.3.